The van der Waals surface area contributed by atoms with Gasteiger partial charge in [-0.05, 0) is 140 Å². The molecular weight excluding hydrogens is 907 g/mol. The topological polar surface area (TPSA) is 67.6 Å². The van der Waals surface area contributed by atoms with Gasteiger partial charge < -0.3 is 14.9 Å². The summed E-state index contributed by atoms with van der Waals surface area (Å²) in [6.45, 7) is 8.78. The number of hydrogen-bond donors (Lipinski definition) is 1. The van der Waals surface area contributed by atoms with Gasteiger partial charge in [0.1, 0.15) is 11.6 Å². The highest BCUT2D eigenvalue weighted by molar-refractivity contribution is 7.24. The van der Waals surface area contributed by atoms with Gasteiger partial charge >= 0.3 is 5.97 Å². The van der Waals surface area contributed by atoms with E-state index in [2.05, 4.69) is 201 Å². The SMILES string of the molecule is CCCCCCc1cc(-c2sc(/C=C(/C#N)C(=O)O)cc2CCCCCC)sc1-c1cc(N(c2ccc(C)cc2)c2cccc3ccccc23)cc(N(c2ccc(C)cc2)c2cccc3ccccc23)c1. The molecule has 2 heterocycles. The van der Waals surface area contributed by atoms with Crippen LogP contribution in [0, 0.1) is 25.2 Å². The first-order valence-electron chi connectivity index (χ1n) is 25.2. The fourth-order valence-electron chi connectivity index (χ4n) is 9.69. The van der Waals surface area contributed by atoms with Gasteiger partial charge in [0.2, 0.25) is 0 Å². The van der Waals surface area contributed by atoms with Crippen LogP contribution in [0.4, 0.5) is 34.1 Å². The van der Waals surface area contributed by atoms with Gasteiger partial charge in [-0.3, -0.25) is 0 Å². The lowest BCUT2D eigenvalue weighted by atomic mass is 9.99. The van der Waals surface area contributed by atoms with Crippen LogP contribution in [-0.2, 0) is 17.6 Å². The molecule has 0 fully saturated rings. The van der Waals surface area contributed by atoms with Crippen LogP contribution in [0.1, 0.15) is 92.3 Å². The predicted octanol–water partition coefficient (Wildman–Crippen LogP) is 19.2. The first kappa shape index (κ1) is 48.8. The molecule has 0 bridgehead atoms. The van der Waals surface area contributed by atoms with Gasteiger partial charge in [-0.25, -0.2) is 4.79 Å². The second kappa shape index (κ2) is 22.7. The summed E-state index contributed by atoms with van der Waals surface area (Å²) < 4.78 is 0. The number of carbonyl (C=O) groups is 1. The van der Waals surface area contributed by atoms with Crippen molar-refractivity contribution < 1.29 is 9.90 Å². The third-order valence-corrected chi connectivity index (χ3v) is 15.9. The Morgan fingerprint density at radius 3 is 1.54 bits per heavy atom. The number of benzene rings is 7. The smallest absolute Gasteiger partial charge is 0.346 e. The van der Waals surface area contributed by atoms with E-state index in [1.807, 2.05) is 17.4 Å². The summed E-state index contributed by atoms with van der Waals surface area (Å²) in [6, 6.07) is 61.9. The number of hydrogen-bond acceptors (Lipinski definition) is 6. The molecule has 0 atom stereocenters. The van der Waals surface area contributed by atoms with Crippen molar-refractivity contribution in [3.05, 3.63) is 196 Å². The lowest BCUT2D eigenvalue weighted by molar-refractivity contribution is -0.132. The lowest BCUT2D eigenvalue weighted by Crippen LogP contribution is -2.14. The molecule has 0 spiro atoms. The number of carboxylic acid groups (broad SMARTS) is 1. The third kappa shape index (κ3) is 11.1. The molecule has 0 unspecified atom stereocenters. The van der Waals surface area contributed by atoms with Gasteiger partial charge in [0.15, 0.2) is 0 Å². The van der Waals surface area contributed by atoms with Crippen LogP contribution < -0.4 is 9.80 Å². The van der Waals surface area contributed by atoms with Crippen LogP contribution >= 0.6 is 22.7 Å². The molecule has 1 N–H and O–H groups in total. The Balaban J connectivity index is 1.33. The summed E-state index contributed by atoms with van der Waals surface area (Å²) in [5.41, 5.74) is 12.2. The van der Waals surface area contributed by atoms with E-state index in [1.54, 1.807) is 17.4 Å². The maximum atomic E-state index is 12.1. The van der Waals surface area contributed by atoms with Crippen molar-refractivity contribution in [2.45, 2.75) is 91.9 Å². The van der Waals surface area contributed by atoms with E-state index in [4.69, 9.17) is 0 Å². The number of aryl methyl sites for hydroxylation is 4. The number of nitrogens with zero attached hydrogens (tertiary/aromatic N) is 3. The van der Waals surface area contributed by atoms with Crippen LogP contribution in [-0.4, -0.2) is 11.1 Å². The molecular formula is C64H61N3O2S2. The summed E-state index contributed by atoms with van der Waals surface area (Å²) in [5.74, 6) is -1.21. The van der Waals surface area contributed by atoms with Gasteiger partial charge in [0, 0.05) is 53.0 Å². The summed E-state index contributed by atoms with van der Waals surface area (Å²) in [6.07, 6.45) is 12.4. The molecule has 356 valence electrons. The number of aliphatic carboxylic acids is 1. The Labute approximate surface area is 427 Å². The van der Waals surface area contributed by atoms with E-state index in [-0.39, 0.29) is 5.57 Å². The number of carboxylic acids is 1. The number of unbranched alkanes of at least 4 members (excludes halogenated alkanes) is 6. The van der Waals surface area contributed by atoms with Gasteiger partial charge in [-0.1, -0.05) is 161 Å². The molecule has 71 heavy (non-hydrogen) atoms. The summed E-state index contributed by atoms with van der Waals surface area (Å²) in [7, 11) is 0. The zero-order chi connectivity index (χ0) is 49.3. The monoisotopic (exact) mass is 967 g/mol. The van der Waals surface area contributed by atoms with Crippen molar-refractivity contribution >= 4 is 90.4 Å². The molecule has 0 radical (unpaired) electrons. The number of nitriles is 1. The van der Waals surface area contributed by atoms with Crippen molar-refractivity contribution in [2.75, 3.05) is 9.80 Å². The molecule has 2 aromatic heterocycles. The van der Waals surface area contributed by atoms with E-state index in [9.17, 15) is 15.2 Å². The second-order valence-electron chi connectivity index (χ2n) is 18.6. The molecule has 9 aromatic rings. The van der Waals surface area contributed by atoms with E-state index in [0.29, 0.717) is 0 Å². The van der Waals surface area contributed by atoms with Crippen molar-refractivity contribution in [3.8, 4) is 26.3 Å². The molecule has 5 nitrogen and oxygen atoms in total. The molecule has 0 aliphatic rings. The summed E-state index contributed by atoms with van der Waals surface area (Å²) in [4.78, 5) is 21.3. The zero-order valence-electron chi connectivity index (χ0n) is 41.3. The van der Waals surface area contributed by atoms with E-state index in [1.165, 1.54) is 66.4 Å². The Morgan fingerprint density at radius 2 is 1.04 bits per heavy atom. The average Bonchev–Trinajstić information content (AvgIpc) is 4.01. The number of anilines is 6. The predicted molar refractivity (Wildman–Crippen MR) is 304 cm³/mol. The van der Waals surface area contributed by atoms with Crippen LogP contribution in [0.3, 0.4) is 0 Å². The second-order valence-corrected chi connectivity index (χ2v) is 20.8. The molecule has 0 saturated heterocycles. The maximum Gasteiger partial charge on any atom is 0.346 e. The highest BCUT2D eigenvalue weighted by Crippen LogP contribution is 2.50. The highest BCUT2D eigenvalue weighted by Gasteiger charge is 2.25. The quantitative estimate of drug-likeness (QED) is 0.0468. The van der Waals surface area contributed by atoms with Crippen LogP contribution in [0.15, 0.2) is 169 Å². The molecule has 7 heteroatoms. The minimum atomic E-state index is -1.21. The first-order chi connectivity index (χ1) is 34.7. The Hall–Kier alpha value is -7.24. The van der Waals surface area contributed by atoms with Gasteiger partial charge in [-0.15, -0.1) is 22.7 Å². The van der Waals surface area contributed by atoms with E-state index in [0.717, 1.165) is 101 Å². The Morgan fingerprint density at radius 1 is 0.549 bits per heavy atom. The highest BCUT2D eigenvalue weighted by atomic mass is 32.1. The molecule has 9 rings (SSSR count). The van der Waals surface area contributed by atoms with Crippen molar-refractivity contribution in [1.29, 1.82) is 5.26 Å². The maximum absolute atomic E-state index is 12.1. The first-order valence-corrected chi connectivity index (χ1v) is 26.8. The van der Waals surface area contributed by atoms with E-state index < -0.39 is 5.97 Å². The molecule has 0 aliphatic carbocycles. The van der Waals surface area contributed by atoms with E-state index >= 15 is 0 Å². The fourth-order valence-corrected chi connectivity index (χ4v) is 12.2. The summed E-state index contributed by atoms with van der Waals surface area (Å²) >= 11 is 3.44. The van der Waals surface area contributed by atoms with Crippen molar-refractivity contribution in [2.24, 2.45) is 0 Å². The molecule has 0 saturated carbocycles. The van der Waals surface area contributed by atoms with Crippen molar-refractivity contribution in [1.82, 2.24) is 0 Å². The normalized spacial score (nSPS) is 11.6. The number of fused-ring (bicyclic) bond motifs is 2. The minimum absolute atomic E-state index is 0.253. The minimum Gasteiger partial charge on any atom is -0.477 e. The molecule has 0 amide bonds. The number of rotatable bonds is 20. The van der Waals surface area contributed by atoms with Crippen LogP contribution in [0.5, 0.6) is 0 Å². The van der Waals surface area contributed by atoms with Crippen LogP contribution in [0.25, 0.3) is 47.8 Å². The van der Waals surface area contributed by atoms with Crippen molar-refractivity contribution in [3.63, 3.8) is 0 Å². The third-order valence-electron chi connectivity index (χ3n) is 13.4. The van der Waals surface area contributed by atoms with Gasteiger partial charge in [0.05, 0.1) is 11.4 Å². The lowest BCUT2D eigenvalue weighted by Gasteiger charge is -2.31. The zero-order valence-corrected chi connectivity index (χ0v) is 42.9. The standard InChI is InChI=1S/C64H61N3O2S2/c1-5-7-9-11-21-48-39-56(40-51(43-65)64(68)69)70-63(48)61-41-49(22-12-10-8-6-2)62(71-61)50-37-54(66(52-33-29-44(3)30-34-52)59-27-17-23-46-19-13-15-25-57(46)59)42-55(38-50)67(53-35-31-45(4)32-36-53)60-28-18-24-47-20-14-16-26-58(47)60/h13-20,23-42H,5-12,21-22H2,1-4H3,(H,68,69)/b51-40-. The largest absolute Gasteiger partial charge is 0.477 e. The van der Waals surface area contributed by atoms with Gasteiger partial charge in [0.25, 0.3) is 0 Å². The fraction of sp³-hybridized carbons (Fsp3) is 0.219. The number of thiophene rings is 2. The van der Waals surface area contributed by atoms with Gasteiger partial charge in [-0.2, -0.15) is 5.26 Å². The van der Waals surface area contributed by atoms with Crippen LogP contribution in [0.2, 0.25) is 0 Å². The Kier molecular flexibility index (Phi) is 15.6. The summed E-state index contributed by atoms with van der Waals surface area (Å²) in [5, 5.41) is 24.3. The molecule has 0 aliphatic heterocycles. The molecule has 7 aromatic carbocycles. The Bertz CT molecular complexity index is 3220. The average molecular weight is 968 g/mol.